The maximum absolute atomic E-state index is 5.96. The van der Waals surface area contributed by atoms with Crippen LogP contribution >= 0.6 is 0 Å². The summed E-state index contributed by atoms with van der Waals surface area (Å²) < 4.78 is 5.38. The SMILES string of the molecule is NC1CCN(c2cc(-c3nc(-c4cccnc4)no3)ccn2)C1. The van der Waals surface area contributed by atoms with E-state index in [0.29, 0.717) is 11.7 Å². The van der Waals surface area contributed by atoms with E-state index in [1.54, 1.807) is 18.6 Å². The van der Waals surface area contributed by atoms with Gasteiger partial charge in [-0.1, -0.05) is 5.16 Å². The predicted molar refractivity (Wildman–Crippen MR) is 85.6 cm³/mol. The van der Waals surface area contributed by atoms with Crippen LogP contribution in [-0.2, 0) is 0 Å². The van der Waals surface area contributed by atoms with Gasteiger partial charge in [0.15, 0.2) is 0 Å². The van der Waals surface area contributed by atoms with Gasteiger partial charge in [-0.05, 0) is 30.7 Å². The minimum Gasteiger partial charge on any atom is -0.355 e. The van der Waals surface area contributed by atoms with Crippen LogP contribution in [0.5, 0.6) is 0 Å². The number of hydrogen-bond donors (Lipinski definition) is 1. The summed E-state index contributed by atoms with van der Waals surface area (Å²) in [6.07, 6.45) is 6.15. The third-order valence-electron chi connectivity index (χ3n) is 3.89. The summed E-state index contributed by atoms with van der Waals surface area (Å²) in [5, 5.41) is 4.02. The first-order valence-electron chi connectivity index (χ1n) is 7.50. The molecule has 1 unspecified atom stereocenters. The molecule has 7 nitrogen and oxygen atoms in total. The van der Waals surface area contributed by atoms with Crippen LogP contribution in [0, 0.1) is 0 Å². The summed E-state index contributed by atoms with van der Waals surface area (Å²) in [5.41, 5.74) is 7.63. The van der Waals surface area contributed by atoms with Crippen LogP contribution in [0.25, 0.3) is 22.8 Å². The molecular formula is C16H16N6O. The second-order valence-corrected chi connectivity index (χ2v) is 5.56. The second kappa shape index (κ2) is 5.77. The zero-order valence-corrected chi connectivity index (χ0v) is 12.5. The van der Waals surface area contributed by atoms with Gasteiger partial charge in [-0.25, -0.2) is 4.98 Å². The third-order valence-corrected chi connectivity index (χ3v) is 3.89. The van der Waals surface area contributed by atoms with Crippen molar-refractivity contribution in [2.75, 3.05) is 18.0 Å². The highest BCUT2D eigenvalue weighted by Crippen LogP contribution is 2.25. The lowest BCUT2D eigenvalue weighted by Gasteiger charge is -2.16. The Hall–Kier alpha value is -2.80. The number of hydrogen-bond acceptors (Lipinski definition) is 7. The fourth-order valence-corrected chi connectivity index (χ4v) is 2.67. The molecule has 4 heterocycles. The molecule has 0 radical (unpaired) electrons. The zero-order valence-electron chi connectivity index (χ0n) is 12.5. The van der Waals surface area contributed by atoms with Gasteiger partial charge in [0, 0.05) is 48.8 Å². The summed E-state index contributed by atoms with van der Waals surface area (Å²) in [7, 11) is 0. The lowest BCUT2D eigenvalue weighted by Crippen LogP contribution is -2.26. The highest BCUT2D eigenvalue weighted by Gasteiger charge is 2.21. The van der Waals surface area contributed by atoms with Crippen molar-refractivity contribution >= 4 is 5.82 Å². The lowest BCUT2D eigenvalue weighted by molar-refractivity contribution is 0.432. The highest BCUT2D eigenvalue weighted by atomic mass is 16.5. The molecule has 4 rings (SSSR count). The van der Waals surface area contributed by atoms with Crippen molar-refractivity contribution in [3.63, 3.8) is 0 Å². The number of pyridine rings is 2. The molecule has 116 valence electrons. The van der Waals surface area contributed by atoms with E-state index < -0.39 is 0 Å². The highest BCUT2D eigenvalue weighted by molar-refractivity contribution is 5.62. The Kier molecular flexibility index (Phi) is 3.47. The average molecular weight is 308 g/mol. The normalized spacial score (nSPS) is 17.6. The molecule has 0 saturated carbocycles. The molecule has 0 spiro atoms. The molecule has 1 saturated heterocycles. The van der Waals surface area contributed by atoms with Crippen LogP contribution in [-0.4, -0.2) is 39.2 Å². The molecule has 1 atom stereocenters. The van der Waals surface area contributed by atoms with Gasteiger partial charge >= 0.3 is 0 Å². The number of anilines is 1. The first-order valence-corrected chi connectivity index (χ1v) is 7.50. The molecule has 1 aliphatic heterocycles. The third kappa shape index (κ3) is 2.78. The maximum Gasteiger partial charge on any atom is 0.258 e. The molecule has 3 aromatic heterocycles. The zero-order chi connectivity index (χ0) is 15.6. The van der Waals surface area contributed by atoms with Gasteiger partial charge in [0.05, 0.1) is 0 Å². The van der Waals surface area contributed by atoms with Crippen LogP contribution in [0.15, 0.2) is 47.4 Å². The largest absolute Gasteiger partial charge is 0.355 e. The molecule has 0 aliphatic carbocycles. The van der Waals surface area contributed by atoms with E-state index in [1.807, 2.05) is 24.3 Å². The van der Waals surface area contributed by atoms with Crippen molar-refractivity contribution in [3.05, 3.63) is 42.9 Å². The van der Waals surface area contributed by atoms with E-state index in [2.05, 4.69) is 25.0 Å². The molecule has 2 N–H and O–H groups in total. The first-order chi connectivity index (χ1) is 11.3. The van der Waals surface area contributed by atoms with E-state index >= 15 is 0 Å². The molecule has 1 fully saturated rings. The van der Waals surface area contributed by atoms with Gasteiger partial charge in [0.25, 0.3) is 5.89 Å². The number of nitrogens with zero attached hydrogens (tertiary/aromatic N) is 5. The van der Waals surface area contributed by atoms with Crippen molar-refractivity contribution in [3.8, 4) is 22.8 Å². The molecule has 7 heteroatoms. The van der Waals surface area contributed by atoms with Gasteiger partial charge in [0.1, 0.15) is 5.82 Å². The monoisotopic (exact) mass is 308 g/mol. The fraction of sp³-hybridized carbons (Fsp3) is 0.250. The molecule has 0 amide bonds. The van der Waals surface area contributed by atoms with E-state index in [0.717, 1.165) is 36.5 Å². The molecular weight excluding hydrogens is 292 g/mol. The molecule has 1 aliphatic rings. The quantitative estimate of drug-likeness (QED) is 0.787. The Labute approximate surface area is 133 Å². The predicted octanol–water partition coefficient (Wildman–Crippen LogP) is 1.73. The molecule has 23 heavy (non-hydrogen) atoms. The summed E-state index contributed by atoms with van der Waals surface area (Å²) in [4.78, 5) is 15.1. The van der Waals surface area contributed by atoms with E-state index in [9.17, 15) is 0 Å². The van der Waals surface area contributed by atoms with Crippen LogP contribution in [0.4, 0.5) is 5.82 Å². The van der Waals surface area contributed by atoms with Gasteiger partial charge in [-0.3, -0.25) is 4.98 Å². The summed E-state index contributed by atoms with van der Waals surface area (Å²) >= 11 is 0. The first kappa shape index (κ1) is 13.8. The van der Waals surface area contributed by atoms with Crippen LogP contribution in [0.2, 0.25) is 0 Å². The van der Waals surface area contributed by atoms with Crippen molar-refractivity contribution in [2.24, 2.45) is 5.73 Å². The lowest BCUT2D eigenvalue weighted by atomic mass is 10.2. The van der Waals surface area contributed by atoms with E-state index in [-0.39, 0.29) is 6.04 Å². The summed E-state index contributed by atoms with van der Waals surface area (Å²) in [6, 6.07) is 7.76. The number of nitrogens with two attached hydrogens (primary N) is 1. The van der Waals surface area contributed by atoms with E-state index in [1.165, 1.54) is 0 Å². The van der Waals surface area contributed by atoms with Crippen LogP contribution < -0.4 is 10.6 Å². The van der Waals surface area contributed by atoms with Gasteiger partial charge in [-0.15, -0.1) is 0 Å². The van der Waals surface area contributed by atoms with Gasteiger partial charge in [-0.2, -0.15) is 4.98 Å². The topological polar surface area (TPSA) is 94.0 Å². The van der Waals surface area contributed by atoms with Crippen molar-refractivity contribution < 1.29 is 4.52 Å². The van der Waals surface area contributed by atoms with Crippen LogP contribution in [0.1, 0.15) is 6.42 Å². The van der Waals surface area contributed by atoms with Crippen LogP contribution in [0.3, 0.4) is 0 Å². The van der Waals surface area contributed by atoms with Crippen molar-refractivity contribution in [2.45, 2.75) is 12.5 Å². The molecule has 3 aromatic rings. The Bertz CT molecular complexity index is 803. The summed E-state index contributed by atoms with van der Waals surface area (Å²) in [6.45, 7) is 1.74. The van der Waals surface area contributed by atoms with Gasteiger partial charge in [0.2, 0.25) is 5.82 Å². The minimum absolute atomic E-state index is 0.209. The van der Waals surface area contributed by atoms with Crippen molar-refractivity contribution in [1.29, 1.82) is 0 Å². The smallest absolute Gasteiger partial charge is 0.258 e. The minimum atomic E-state index is 0.209. The maximum atomic E-state index is 5.96. The van der Waals surface area contributed by atoms with E-state index in [4.69, 9.17) is 10.3 Å². The standard InChI is InChI=1S/C16H16N6O/c17-13-4-7-22(10-13)14-8-11(3-6-19-14)16-20-15(21-23-16)12-2-1-5-18-9-12/h1-3,5-6,8-9,13H,4,7,10,17H2. The Balaban J connectivity index is 1.62. The average Bonchev–Trinajstić information content (AvgIpc) is 3.25. The second-order valence-electron chi connectivity index (χ2n) is 5.56. The number of aromatic nitrogens is 4. The fourth-order valence-electron chi connectivity index (χ4n) is 2.67. The number of rotatable bonds is 3. The Morgan fingerprint density at radius 1 is 1.22 bits per heavy atom. The molecule has 0 aromatic carbocycles. The summed E-state index contributed by atoms with van der Waals surface area (Å²) in [5.74, 6) is 1.88. The molecule has 0 bridgehead atoms. The Morgan fingerprint density at radius 3 is 2.96 bits per heavy atom. The Morgan fingerprint density at radius 2 is 2.17 bits per heavy atom. The van der Waals surface area contributed by atoms with Gasteiger partial charge < -0.3 is 15.2 Å². The van der Waals surface area contributed by atoms with Crippen molar-refractivity contribution in [1.82, 2.24) is 20.1 Å².